The topological polar surface area (TPSA) is 26.0 Å². The molecule has 0 saturated carbocycles. The number of nitrogen functional groups attached to an aromatic ring is 1. The molecule has 0 saturated heterocycles. The van der Waals surface area contributed by atoms with Crippen LogP contribution in [0.4, 0.5) is 5.69 Å². The summed E-state index contributed by atoms with van der Waals surface area (Å²) in [5.74, 6) is 0. The first-order chi connectivity index (χ1) is 5.59. The summed E-state index contributed by atoms with van der Waals surface area (Å²) in [4.78, 5) is 0. The molecule has 1 aromatic rings. The van der Waals surface area contributed by atoms with E-state index < -0.39 is 0 Å². The van der Waals surface area contributed by atoms with Crippen molar-refractivity contribution < 1.29 is 0 Å². The van der Waals surface area contributed by atoms with Crippen LogP contribution in [0.5, 0.6) is 0 Å². The van der Waals surface area contributed by atoms with Crippen LogP contribution in [0.1, 0.15) is 31.4 Å². The molecule has 0 aliphatic heterocycles. The first kappa shape index (κ1) is 7.66. The van der Waals surface area contributed by atoms with E-state index >= 15 is 0 Å². The van der Waals surface area contributed by atoms with E-state index in [0.717, 1.165) is 5.69 Å². The highest BCUT2D eigenvalue weighted by molar-refractivity contribution is 5.49. The van der Waals surface area contributed by atoms with Crippen molar-refractivity contribution in [3.63, 3.8) is 0 Å². The highest BCUT2D eigenvalue weighted by Crippen LogP contribution is 2.38. The molecule has 1 heteroatoms. The van der Waals surface area contributed by atoms with Crippen molar-refractivity contribution in [2.24, 2.45) is 0 Å². The van der Waals surface area contributed by atoms with Crippen molar-refractivity contribution in [2.45, 2.75) is 32.1 Å². The van der Waals surface area contributed by atoms with Crippen molar-refractivity contribution in [3.05, 3.63) is 29.3 Å². The van der Waals surface area contributed by atoms with Gasteiger partial charge in [0.2, 0.25) is 0 Å². The maximum Gasteiger partial charge on any atom is 0.0316 e. The SMILES string of the molecule is CC1(C)CCc2cc(N)ccc21. The van der Waals surface area contributed by atoms with Gasteiger partial charge in [0.05, 0.1) is 0 Å². The van der Waals surface area contributed by atoms with Crippen LogP contribution in [0, 0.1) is 0 Å². The molecule has 0 radical (unpaired) electrons. The Balaban J connectivity index is 2.55. The third-order valence-corrected chi connectivity index (χ3v) is 2.88. The van der Waals surface area contributed by atoms with Crippen molar-refractivity contribution in [3.8, 4) is 0 Å². The molecule has 2 N–H and O–H groups in total. The smallest absolute Gasteiger partial charge is 0.0316 e. The average molecular weight is 161 g/mol. The predicted molar refractivity (Wildman–Crippen MR) is 52.2 cm³/mol. The zero-order valence-corrected chi connectivity index (χ0v) is 7.72. The fraction of sp³-hybridized carbons (Fsp3) is 0.455. The molecule has 1 aliphatic rings. The van der Waals surface area contributed by atoms with Crippen LogP contribution < -0.4 is 5.73 Å². The highest BCUT2D eigenvalue weighted by Gasteiger charge is 2.29. The van der Waals surface area contributed by atoms with E-state index in [9.17, 15) is 0 Å². The van der Waals surface area contributed by atoms with Gasteiger partial charge in [-0.15, -0.1) is 0 Å². The van der Waals surface area contributed by atoms with Gasteiger partial charge < -0.3 is 5.73 Å². The van der Waals surface area contributed by atoms with Crippen LogP contribution in [-0.4, -0.2) is 0 Å². The minimum absolute atomic E-state index is 0.364. The molecule has 0 atom stereocenters. The normalized spacial score (nSPS) is 19.2. The van der Waals surface area contributed by atoms with Crippen LogP contribution in [-0.2, 0) is 11.8 Å². The first-order valence-corrected chi connectivity index (χ1v) is 4.48. The summed E-state index contributed by atoms with van der Waals surface area (Å²) >= 11 is 0. The molecular weight excluding hydrogens is 146 g/mol. The molecule has 1 nitrogen and oxygen atoms in total. The summed E-state index contributed by atoms with van der Waals surface area (Å²) in [5, 5.41) is 0. The number of aryl methyl sites for hydroxylation is 1. The Kier molecular flexibility index (Phi) is 1.44. The maximum atomic E-state index is 5.72. The third kappa shape index (κ3) is 1.01. The number of rotatable bonds is 0. The Bertz CT molecular complexity index is 313. The Hall–Kier alpha value is -0.980. The van der Waals surface area contributed by atoms with E-state index in [1.807, 2.05) is 6.07 Å². The van der Waals surface area contributed by atoms with Gasteiger partial charge >= 0.3 is 0 Å². The van der Waals surface area contributed by atoms with Crippen LogP contribution in [0.3, 0.4) is 0 Å². The van der Waals surface area contributed by atoms with Crippen LogP contribution in [0.15, 0.2) is 18.2 Å². The number of hydrogen-bond acceptors (Lipinski definition) is 1. The highest BCUT2D eigenvalue weighted by atomic mass is 14.5. The Morgan fingerprint density at radius 1 is 1.33 bits per heavy atom. The monoisotopic (exact) mass is 161 g/mol. The molecule has 0 spiro atoms. The summed E-state index contributed by atoms with van der Waals surface area (Å²) in [6.07, 6.45) is 2.44. The van der Waals surface area contributed by atoms with Gasteiger partial charge in [-0.05, 0) is 41.5 Å². The van der Waals surface area contributed by atoms with Gasteiger partial charge in [0, 0.05) is 5.69 Å². The minimum atomic E-state index is 0.364. The van der Waals surface area contributed by atoms with Gasteiger partial charge in [0.25, 0.3) is 0 Å². The molecule has 0 unspecified atom stereocenters. The van der Waals surface area contributed by atoms with E-state index in [2.05, 4.69) is 26.0 Å². The second-order valence-corrected chi connectivity index (χ2v) is 4.30. The molecule has 0 bridgehead atoms. The lowest BCUT2D eigenvalue weighted by molar-refractivity contribution is 0.522. The number of benzene rings is 1. The molecule has 0 heterocycles. The molecule has 1 aromatic carbocycles. The van der Waals surface area contributed by atoms with Gasteiger partial charge in [-0.3, -0.25) is 0 Å². The van der Waals surface area contributed by atoms with E-state index in [0.29, 0.717) is 5.41 Å². The summed E-state index contributed by atoms with van der Waals surface area (Å²) in [6, 6.07) is 6.30. The van der Waals surface area contributed by atoms with Gasteiger partial charge in [0.15, 0.2) is 0 Å². The molecule has 1 aliphatic carbocycles. The van der Waals surface area contributed by atoms with E-state index in [1.54, 1.807) is 0 Å². The Morgan fingerprint density at radius 2 is 2.08 bits per heavy atom. The summed E-state index contributed by atoms with van der Waals surface area (Å²) < 4.78 is 0. The number of hydrogen-bond donors (Lipinski definition) is 1. The van der Waals surface area contributed by atoms with E-state index in [-0.39, 0.29) is 0 Å². The molecule has 64 valence electrons. The lowest BCUT2D eigenvalue weighted by atomic mass is 9.87. The minimum Gasteiger partial charge on any atom is -0.399 e. The second kappa shape index (κ2) is 2.25. The maximum absolute atomic E-state index is 5.72. The number of nitrogens with two attached hydrogens (primary N) is 1. The predicted octanol–water partition coefficient (Wildman–Crippen LogP) is 2.49. The van der Waals surface area contributed by atoms with Crippen molar-refractivity contribution in [1.29, 1.82) is 0 Å². The van der Waals surface area contributed by atoms with E-state index in [4.69, 9.17) is 5.73 Å². The van der Waals surface area contributed by atoms with Crippen molar-refractivity contribution in [1.82, 2.24) is 0 Å². The largest absolute Gasteiger partial charge is 0.399 e. The zero-order chi connectivity index (χ0) is 8.77. The lowest BCUT2D eigenvalue weighted by Crippen LogP contribution is -2.11. The van der Waals surface area contributed by atoms with E-state index in [1.165, 1.54) is 24.0 Å². The standard InChI is InChI=1S/C11H15N/c1-11(2)6-5-8-7-9(12)3-4-10(8)11/h3-4,7H,5-6,12H2,1-2H3. The fourth-order valence-electron chi connectivity index (χ4n) is 2.06. The molecule has 0 aromatic heterocycles. The molecule has 0 amide bonds. The van der Waals surface area contributed by atoms with Gasteiger partial charge in [-0.1, -0.05) is 19.9 Å². The van der Waals surface area contributed by atoms with Crippen LogP contribution in [0.2, 0.25) is 0 Å². The second-order valence-electron chi connectivity index (χ2n) is 4.30. The molecule has 12 heavy (non-hydrogen) atoms. The zero-order valence-electron chi connectivity index (χ0n) is 7.72. The fourth-order valence-corrected chi connectivity index (χ4v) is 2.06. The Labute approximate surface area is 73.6 Å². The Morgan fingerprint density at radius 3 is 2.83 bits per heavy atom. The summed E-state index contributed by atoms with van der Waals surface area (Å²) in [5.41, 5.74) is 9.91. The molecule has 0 fully saturated rings. The molecule has 2 rings (SSSR count). The van der Waals surface area contributed by atoms with Gasteiger partial charge in [-0.2, -0.15) is 0 Å². The number of anilines is 1. The first-order valence-electron chi connectivity index (χ1n) is 4.48. The number of fused-ring (bicyclic) bond motifs is 1. The van der Waals surface area contributed by atoms with Gasteiger partial charge in [-0.25, -0.2) is 0 Å². The third-order valence-electron chi connectivity index (χ3n) is 2.88. The van der Waals surface area contributed by atoms with Crippen molar-refractivity contribution >= 4 is 5.69 Å². The van der Waals surface area contributed by atoms with Crippen LogP contribution >= 0.6 is 0 Å². The quantitative estimate of drug-likeness (QED) is 0.581. The summed E-state index contributed by atoms with van der Waals surface area (Å²) in [7, 11) is 0. The van der Waals surface area contributed by atoms with Gasteiger partial charge in [0.1, 0.15) is 0 Å². The summed E-state index contributed by atoms with van der Waals surface area (Å²) in [6.45, 7) is 4.60. The van der Waals surface area contributed by atoms with Crippen molar-refractivity contribution in [2.75, 3.05) is 5.73 Å². The average Bonchev–Trinajstić information content (AvgIpc) is 2.27. The van der Waals surface area contributed by atoms with Crippen LogP contribution in [0.25, 0.3) is 0 Å². The molecular formula is C11H15N. The lowest BCUT2D eigenvalue weighted by Gasteiger charge is -2.18.